The summed E-state index contributed by atoms with van der Waals surface area (Å²) >= 11 is 0. The number of fused-ring (bicyclic) bond motifs is 21. The molecule has 0 atom stereocenters. The molecule has 4 heteroatoms. The fourth-order valence-corrected chi connectivity index (χ4v) is 25.8. The number of aromatic nitrogens is 4. The maximum absolute atomic E-state index is 4.91. The summed E-state index contributed by atoms with van der Waals surface area (Å²) < 4.78 is 7.66. The van der Waals surface area contributed by atoms with Gasteiger partial charge in [0.1, 0.15) is 0 Å². The van der Waals surface area contributed by atoms with Gasteiger partial charge in [0, 0.05) is 82.8 Å². The lowest BCUT2D eigenvalue weighted by Gasteiger charge is -2.32. The Labute approximate surface area is 748 Å². The summed E-state index contributed by atoms with van der Waals surface area (Å²) in [5.74, 6) is 0. The molecule has 4 nitrogen and oxygen atoms in total. The van der Waals surface area contributed by atoms with E-state index in [9.17, 15) is 0 Å². The van der Waals surface area contributed by atoms with Crippen LogP contribution in [0.2, 0.25) is 0 Å². The smallest absolute Gasteiger partial charge is 0.0702 e. The zero-order chi connectivity index (χ0) is 85.6. The van der Waals surface area contributed by atoms with Crippen LogP contribution in [-0.4, -0.2) is 18.7 Å². The number of benzene rings is 15. The first-order valence-corrected chi connectivity index (χ1v) is 47.8. The van der Waals surface area contributed by atoms with E-state index in [2.05, 4.69) is 385 Å². The second-order valence-corrected chi connectivity index (χ2v) is 37.7. The number of hydrogen-bond acceptors (Lipinski definition) is 1. The van der Waals surface area contributed by atoms with Gasteiger partial charge in [-0.05, 0) is 318 Å². The van der Waals surface area contributed by atoms with E-state index in [0.717, 1.165) is 142 Å². The Kier molecular flexibility index (Phi) is 19.1. The standard InChI is InChI=1S/C123H110N4/c1-9-59-120(60-10-2)105-34-21-17-30-91(105)95-49-39-83(73-109(95)120)79-43-53-114-99(69-79)100-70-80(84-40-50-96-92-31-18-22-35-106(92)121(61-11-3,62-12-4)110(96)74-84)44-54-115(100)126(114)89-47-57-118-103(77-89)104-78-90(48-58-119(104)125(118)88-29-27-28-87(68-88)113-38-25-26-67-124-113)127-116-55-45-81(85-41-51-97-93-32-19-23-36-107(93)122(63-13-5,64-14-6)111(97)75-85)71-101(116)102-72-82(46-56-117(102)127)86-42-52-98-94-33-20-24-37-108(94)123(65-15-7,66-16-8)112(98)76-86/h17-58,67-78H,9-16,59-66H2,1-8H3. The quantitative estimate of drug-likeness (QED) is 0.0592. The molecule has 0 saturated carbocycles. The van der Waals surface area contributed by atoms with Gasteiger partial charge in [-0.2, -0.15) is 0 Å². The van der Waals surface area contributed by atoms with E-state index >= 15 is 0 Å². The summed E-state index contributed by atoms with van der Waals surface area (Å²) in [6.07, 6.45) is 19.9. The van der Waals surface area contributed by atoms with Crippen LogP contribution in [0.1, 0.15) is 203 Å². The molecule has 622 valence electrons. The van der Waals surface area contributed by atoms with Gasteiger partial charge in [0.05, 0.1) is 38.8 Å². The molecule has 0 unspecified atom stereocenters. The molecule has 0 N–H and O–H groups in total. The van der Waals surface area contributed by atoms with Gasteiger partial charge in [0.2, 0.25) is 0 Å². The first-order valence-electron chi connectivity index (χ1n) is 47.8. The lowest BCUT2D eigenvalue weighted by atomic mass is 9.71. The Bertz CT molecular complexity index is 6880. The third kappa shape index (κ3) is 11.8. The molecule has 0 fully saturated rings. The maximum Gasteiger partial charge on any atom is 0.0702 e. The SMILES string of the molecule is CCCC1(CCC)c2ccccc2-c2ccc(-c3ccc4c(c3)c3cc(-c5ccc6c(c5)C(CCC)(CCC)c5ccccc5-6)ccc3n4-c3ccc4c(c3)c3cc(-n5c6ccc(-c7ccc8c(c7)C(CCC)(CCC)c7ccccc7-8)cc6c6cc(-c7ccc8c(c7)C(CCC)(CCC)c7ccccc7-8)ccc65)ccc3n4-c3cccc(-c4ccccn4)c3)cc21. The minimum absolute atomic E-state index is 0.0332. The van der Waals surface area contributed by atoms with E-state index in [1.54, 1.807) is 0 Å². The van der Waals surface area contributed by atoms with Gasteiger partial charge in [-0.3, -0.25) is 4.98 Å². The monoisotopic (exact) mass is 1640 g/mol. The van der Waals surface area contributed by atoms with Crippen molar-refractivity contribution >= 4 is 65.4 Å². The van der Waals surface area contributed by atoms with Gasteiger partial charge >= 0.3 is 0 Å². The molecule has 127 heavy (non-hydrogen) atoms. The van der Waals surface area contributed by atoms with E-state index in [1.807, 2.05) is 12.3 Å². The Morgan fingerprint density at radius 3 is 0.717 bits per heavy atom. The van der Waals surface area contributed by atoms with E-state index in [4.69, 9.17) is 4.98 Å². The van der Waals surface area contributed by atoms with Gasteiger partial charge in [0.15, 0.2) is 0 Å². The van der Waals surface area contributed by atoms with Gasteiger partial charge in [-0.25, -0.2) is 0 Å². The summed E-state index contributed by atoms with van der Waals surface area (Å²) in [6, 6.07) is 126. The minimum atomic E-state index is -0.0332. The average molecular weight is 1640 g/mol. The molecule has 0 saturated heterocycles. The summed E-state index contributed by atoms with van der Waals surface area (Å²) in [4.78, 5) is 4.91. The van der Waals surface area contributed by atoms with Crippen molar-refractivity contribution in [2.45, 2.75) is 180 Å². The highest BCUT2D eigenvalue weighted by molar-refractivity contribution is 6.16. The zero-order valence-corrected chi connectivity index (χ0v) is 74.8. The van der Waals surface area contributed by atoms with Gasteiger partial charge in [-0.1, -0.05) is 295 Å². The molecule has 0 aliphatic heterocycles. The number of rotatable bonds is 24. The van der Waals surface area contributed by atoms with Crippen LogP contribution in [0.15, 0.2) is 328 Å². The second-order valence-electron chi connectivity index (χ2n) is 37.7. The molecular formula is C123H110N4. The predicted octanol–water partition coefficient (Wildman–Crippen LogP) is 34.2. The van der Waals surface area contributed by atoms with Gasteiger partial charge < -0.3 is 13.7 Å². The lowest BCUT2D eigenvalue weighted by molar-refractivity contribution is 0.436. The van der Waals surface area contributed by atoms with Crippen molar-refractivity contribution in [1.82, 2.24) is 18.7 Å². The van der Waals surface area contributed by atoms with Crippen LogP contribution in [-0.2, 0) is 21.7 Å². The van der Waals surface area contributed by atoms with Crippen molar-refractivity contribution in [2.75, 3.05) is 0 Å². The molecule has 0 amide bonds. The largest absolute Gasteiger partial charge is 0.309 e. The fourth-order valence-electron chi connectivity index (χ4n) is 25.8. The van der Waals surface area contributed by atoms with E-state index < -0.39 is 0 Å². The molecule has 0 bridgehead atoms. The van der Waals surface area contributed by atoms with Crippen LogP contribution < -0.4 is 0 Å². The first-order chi connectivity index (χ1) is 62.5. The van der Waals surface area contributed by atoms with Crippen LogP contribution >= 0.6 is 0 Å². The molecular weight excluding hydrogens is 1530 g/mol. The Balaban J connectivity index is 0.735. The summed E-state index contributed by atoms with van der Waals surface area (Å²) in [5.41, 5.74) is 45.3. The Hall–Kier alpha value is -13.2. The summed E-state index contributed by atoms with van der Waals surface area (Å²) in [6.45, 7) is 19.0. The van der Waals surface area contributed by atoms with Crippen LogP contribution in [0.4, 0.5) is 0 Å². The number of pyridine rings is 1. The van der Waals surface area contributed by atoms with Crippen molar-refractivity contribution in [2.24, 2.45) is 0 Å². The van der Waals surface area contributed by atoms with Crippen LogP contribution in [0, 0.1) is 0 Å². The van der Waals surface area contributed by atoms with E-state index in [-0.39, 0.29) is 21.7 Å². The fraction of sp³-hybridized carbons (Fsp3) is 0.228. The molecule has 0 radical (unpaired) electrons. The molecule has 15 aromatic carbocycles. The highest BCUT2D eigenvalue weighted by Crippen LogP contribution is 2.60. The number of nitrogens with zero attached hydrogens (tertiary/aromatic N) is 4. The predicted molar refractivity (Wildman–Crippen MR) is 539 cm³/mol. The highest BCUT2D eigenvalue weighted by atomic mass is 15.0. The van der Waals surface area contributed by atoms with Gasteiger partial charge in [-0.15, -0.1) is 0 Å². The summed E-state index contributed by atoms with van der Waals surface area (Å²) in [5, 5.41) is 7.32. The molecule has 4 aromatic heterocycles. The van der Waals surface area contributed by atoms with Crippen molar-refractivity contribution in [3.63, 3.8) is 0 Å². The highest BCUT2D eigenvalue weighted by Gasteiger charge is 2.46. The third-order valence-corrected chi connectivity index (χ3v) is 30.7. The molecule has 0 spiro atoms. The van der Waals surface area contributed by atoms with Crippen molar-refractivity contribution < 1.29 is 0 Å². The lowest BCUT2D eigenvalue weighted by Crippen LogP contribution is -2.25. The maximum atomic E-state index is 4.91. The van der Waals surface area contributed by atoms with Crippen LogP contribution in [0.25, 0.3) is 183 Å². The third-order valence-electron chi connectivity index (χ3n) is 30.7. The minimum Gasteiger partial charge on any atom is -0.309 e. The van der Waals surface area contributed by atoms with Gasteiger partial charge in [0.25, 0.3) is 0 Å². The van der Waals surface area contributed by atoms with Crippen molar-refractivity contribution in [3.05, 3.63) is 372 Å². The van der Waals surface area contributed by atoms with Crippen molar-refractivity contribution in [3.8, 4) is 117 Å². The van der Waals surface area contributed by atoms with E-state index in [0.29, 0.717) is 0 Å². The zero-order valence-electron chi connectivity index (χ0n) is 74.8. The normalized spacial score (nSPS) is 14.4. The molecule has 23 rings (SSSR count). The second kappa shape index (κ2) is 30.9. The number of hydrogen-bond donors (Lipinski definition) is 0. The van der Waals surface area contributed by atoms with Crippen LogP contribution in [0.3, 0.4) is 0 Å². The average Bonchev–Trinajstić information content (AvgIpc) is 1.57. The topological polar surface area (TPSA) is 27.7 Å². The molecule has 4 heterocycles. The Morgan fingerprint density at radius 1 is 0.189 bits per heavy atom. The first kappa shape index (κ1) is 78.6. The molecule has 4 aliphatic rings. The summed E-state index contributed by atoms with van der Waals surface area (Å²) in [7, 11) is 0. The van der Waals surface area contributed by atoms with Crippen LogP contribution in [0.5, 0.6) is 0 Å². The van der Waals surface area contributed by atoms with Crippen molar-refractivity contribution in [1.29, 1.82) is 0 Å². The molecule has 4 aliphatic carbocycles. The Morgan fingerprint density at radius 2 is 0.433 bits per heavy atom. The molecule has 19 aromatic rings. The van der Waals surface area contributed by atoms with E-state index in [1.165, 1.54) is 188 Å².